The van der Waals surface area contributed by atoms with Crippen LogP contribution in [0.15, 0.2) is 54.6 Å². The number of ether oxygens (including phenoxy) is 1. The maximum Gasteiger partial charge on any atom is 0.263 e. The van der Waals surface area contributed by atoms with E-state index in [0.717, 1.165) is 11.1 Å². The number of amides is 1. The highest BCUT2D eigenvalue weighted by Gasteiger charge is 2.39. The third-order valence-corrected chi connectivity index (χ3v) is 4.57. The molecule has 0 spiro atoms. The van der Waals surface area contributed by atoms with E-state index in [1.807, 2.05) is 18.2 Å². The van der Waals surface area contributed by atoms with E-state index in [4.69, 9.17) is 9.94 Å². The molecule has 0 atom stereocenters. The molecule has 1 heterocycles. The monoisotopic (exact) mass is 326 g/mol. The molecule has 0 bridgehead atoms. The second-order valence-corrected chi connectivity index (χ2v) is 6.05. The molecule has 2 aromatic rings. The van der Waals surface area contributed by atoms with Crippen LogP contribution in [0.5, 0.6) is 0 Å². The highest BCUT2D eigenvalue weighted by atomic mass is 16.5. The summed E-state index contributed by atoms with van der Waals surface area (Å²) in [6.45, 7) is 1.57. The molecule has 126 valence electrons. The maximum atomic E-state index is 12.1. The van der Waals surface area contributed by atoms with Crippen LogP contribution >= 0.6 is 0 Å². The Balaban J connectivity index is 1.68. The van der Waals surface area contributed by atoms with Crippen molar-refractivity contribution in [1.29, 1.82) is 0 Å². The molecule has 0 aromatic heterocycles. The molecule has 0 aliphatic carbocycles. The van der Waals surface area contributed by atoms with Crippen molar-refractivity contribution in [3.63, 3.8) is 0 Å². The van der Waals surface area contributed by atoms with E-state index >= 15 is 0 Å². The number of carbonyl (C=O) groups is 1. The first-order valence-corrected chi connectivity index (χ1v) is 8.15. The fraction of sp³-hybridized carbons (Fsp3) is 0.316. The van der Waals surface area contributed by atoms with Gasteiger partial charge in [-0.15, -0.1) is 0 Å². The summed E-state index contributed by atoms with van der Waals surface area (Å²) >= 11 is 0. The fourth-order valence-electron chi connectivity index (χ4n) is 3.03. The summed E-state index contributed by atoms with van der Waals surface area (Å²) in [5.74, 6) is -0.397. The van der Waals surface area contributed by atoms with Gasteiger partial charge in [-0.2, -0.15) is 0 Å². The molecule has 2 aromatic carbocycles. The van der Waals surface area contributed by atoms with Crippen LogP contribution in [0.2, 0.25) is 0 Å². The minimum absolute atomic E-state index is 0.397. The number of nitrogens with one attached hydrogen (secondary N) is 2. The minimum atomic E-state index is -0.773. The Morgan fingerprint density at radius 1 is 1.00 bits per heavy atom. The number of hydrogen-bond acceptors (Lipinski definition) is 4. The third kappa shape index (κ3) is 3.64. The molecular weight excluding hydrogens is 304 g/mol. The van der Waals surface area contributed by atoms with E-state index in [2.05, 4.69) is 41.7 Å². The summed E-state index contributed by atoms with van der Waals surface area (Å²) in [6, 6.07) is 18.5. The summed E-state index contributed by atoms with van der Waals surface area (Å²) in [5, 5.41) is 12.3. The molecule has 1 saturated heterocycles. The van der Waals surface area contributed by atoms with Crippen molar-refractivity contribution >= 4 is 5.91 Å². The molecule has 3 N–H and O–H groups in total. The number of hydrogen-bond donors (Lipinski definition) is 3. The first-order chi connectivity index (χ1) is 11.7. The summed E-state index contributed by atoms with van der Waals surface area (Å²) in [6.07, 6.45) is 1.09. The molecule has 1 fully saturated rings. The van der Waals surface area contributed by atoms with E-state index in [1.165, 1.54) is 5.56 Å². The van der Waals surface area contributed by atoms with Gasteiger partial charge < -0.3 is 4.74 Å². The molecule has 1 aliphatic rings. The molecule has 5 nitrogen and oxygen atoms in total. The molecule has 1 amide bonds. The first kappa shape index (κ1) is 16.6. The highest BCUT2D eigenvalue weighted by Crippen LogP contribution is 2.23. The number of benzene rings is 2. The first-order valence-electron chi connectivity index (χ1n) is 8.15. The van der Waals surface area contributed by atoms with Crippen molar-refractivity contribution < 1.29 is 14.7 Å². The van der Waals surface area contributed by atoms with Gasteiger partial charge in [0.15, 0.2) is 0 Å². The van der Waals surface area contributed by atoms with E-state index in [1.54, 1.807) is 5.48 Å². The van der Waals surface area contributed by atoms with Gasteiger partial charge in [0.25, 0.3) is 5.91 Å². The van der Waals surface area contributed by atoms with Crippen molar-refractivity contribution in [2.75, 3.05) is 13.2 Å². The zero-order valence-electron chi connectivity index (χ0n) is 13.5. The highest BCUT2D eigenvalue weighted by molar-refractivity contribution is 5.85. The van der Waals surface area contributed by atoms with E-state index in [0.29, 0.717) is 32.6 Å². The SMILES string of the molecule is O=C(NO)C1(NCc2ccc(-c3ccccc3)cc2)CCOCC1. The lowest BCUT2D eigenvalue weighted by molar-refractivity contribution is -0.140. The molecular formula is C19H22N2O3. The van der Waals surface area contributed by atoms with Gasteiger partial charge in [-0.05, 0) is 29.5 Å². The van der Waals surface area contributed by atoms with Crippen LogP contribution in [0.25, 0.3) is 11.1 Å². The number of hydroxylamine groups is 1. The van der Waals surface area contributed by atoms with E-state index in [9.17, 15) is 4.79 Å². The van der Waals surface area contributed by atoms with Gasteiger partial charge in [-0.1, -0.05) is 54.6 Å². The van der Waals surface area contributed by atoms with Gasteiger partial charge in [-0.25, -0.2) is 5.48 Å². The smallest absolute Gasteiger partial charge is 0.263 e. The summed E-state index contributed by atoms with van der Waals surface area (Å²) < 4.78 is 5.33. The zero-order valence-corrected chi connectivity index (χ0v) is 13.5. The average molecular weight is 326 g/mol. The van der Waals surface area contributed by atoms with Crippen LogP contribution in [-0.2, 0) is 16.1 Å². The average Bonchev–Trinajstić information content (AvgIpc) is 2.67. The molecule has 5 heteroatoms. The van der Waals surface area contributed by atoms with Gasteiger partial charge in [0, 0.05) is 19.8 Å². The Kier molecular flexibility index (Phi) is 5.25. The molecule has 3 rings (SSSR count). The van der Waals surface area contributed by atoms with E-state index in [-0.39, 0.29) is 0 Å². The largest absolute Gasteiger partial charge is 0.381 e. The second-order valence-electron chi connectivity index (χ2n) is 6.05. The fourth-order valence-corrected chi connectivity index (χ4v) is 3.03. The third-order valence-electron chi connectivity index (χ3n) is 4.57. The Labute approximate surface area is 141 Å². The summed E-state index contributed by atoms with van der Waals surface area (Å²) in [4.78, 5) is 12.1. The van der Waals surface area contributed by atoms with Gasteiger partial charge in [0.2, 0.25) is 0 Å². The minimum Gasteiger partial charge on any atom is -0.381 e. The molecule has 0 radical (unpaired) electrons. The van der Waals surface area contributed by atoms with Gasteiger partial charge >= 0.3 is 0 Å². The predicted molar refractivity (Wildman–Crippen MR) is 91.4 cm³/mol. The van der Waals surface area contributed by atoms with Crippen molar-refractivity contribution in [2.24, 2.45) is 0 Å². The quantitative estimate of drug-likeness (QED) is 0.583. The van der Waals surface area contributed by atoms with Crippen LogP contribution in [0.3, 0.4) is 0 Å². The van der Waals surface area contributed by atoms with Gasteiger partial charge in [0.1, 0.15) is 5.54 Å². The number of rotatable bonds is 5. The van der Waals surface area contributed by atoms with E-state index < -0.39 is 11.4 Å². The topological polar surface area (TPSA) is 70.6 Å². The van der Waals surface area contributed by atoms with Crippen molar-refractivity contribution in [3.8, 4) is 11.1 Å². The van der Waals surface area contributed by atoms with Crippen molar-refractivity contribution in [2.45, 2.75) is 24.9 Å². The van der Waals surface area contributed by atoms with Crippen molar-refractivity contribution in [1.82, 2.24) is 10.8 Å². The normalized spacial score (nSPS) is 16.5. The standard InChI is InChI=1S/C19H22N2O3/c22-18(21-23)19(10-12-24-13-11-19)20-14-15-6-8-17(9-7-15)16-4-2-1-3-5-16/h1-9,20,23H,10-14H2,(H,21,22). The molecule has 0 unspecified atom stereocenters. The molecule has 1 aliphatic heterocycles. The van der Waals surface area contributed by atoms with Crippen molar-refractivity contribution in [3.05, 3.63) is 60.2 Å². The van der Waals surface area contributed by atoms with Crippen LogP contribution < -0.4 is 10.8 Å². The Bertz CT molecular complexity index is 665. The Morgan fingerprint density at radius 2 is 1.62 bits per heavy atom. The van der Waals surface area contributed by atoms with Crippen LogP contribution in [0.1, 0.15) is 18.4 Å². The number of carbonyl (C=O) groups excluding carboxylic acids is 1. The van der Waals surface area contributed by atoms with Gasteiger partial charge in [-0.3, -0.25) is 15.3 Å². The lowest BCUT2D eigenvalue weighted by Gasteiger charge is -2.35. The lowest BCUT2D eigenvalue weighted by Crippen LogP contribution is -2.58. The van der Waals surface area contributed by atoms with Crippen LogP contribution in [-0.4, -0.2) is 29.9 Å². The second kappa shape index (κ2) is 7.57. The lowest BCUT2D eigenvalue weighted by atomic mass is 9.89. The van der Waals surface area contributed by atoms with Crippen LogP contribution in [0, 0.1) is 0 Å². The summed E-state index contributed by atoms with van der Waals surface area (Å²) in [7, 11) is 0. The molecule has 24 heavy (non-hydrogen) atoms. The Hall–Kier alpha value is -2.21. The Morgan fingerprint density at radius 3 is 2.25 bits per heavy atom. The predicted octanol–water partition coefficient (Wildman–Crippen LogP) is 2.50. The van der Waals surface area contributed by atoms with Crippen LogP contribution in [0.4, 0.5) is 0 Å². The zero-order chi connectivity index (χ0) is 16.8. The summed E-state index contributed by atoms with van der Waals surface area (Å²) in [5.41, 5.74) is 4.44. The van der Waals surface area contributed by atoms with Gasteiger partial charge in [0.05, 0.1) is 0 Å². The maximum absolute atomic E-state index is 12.1. The molecule has 0 saturated carbocycles.